The SMILES string of the molecule is C=C(/C=C/c1nc2ccc(OCC(O)CF)cc2s1)Cc1ccc(NC)nc1. The first-order chi connectivity index (χ1) is 13.6. The molecule has 2 N–H and O–H groups in total. The minimum absolute atomic E-state index is 0.0719. The summed E-state index contributed by atoms with van der Waals surface area (Å²) in [4.78, 5) is 8.87. The van der Waals surface area contributed by atoms with Crippen LogP contribution in [0.3, 0.4) is 0 Å². The Morgan fingerprint density at radius 2 is 2.25 bits per heavy atom. The number of fused-ring (bicyclic) bond motifs is 1. The molecule has 2 heterocycles. The molecule has 0 bridgehead atoms. The molecule has 28 heavy (non-hydrogen) atoms. The summed E-state index contributed by atoms with van der Waals surface area (Å²) in [6.07, 6.45) is 5.34. The van der Waals surface area contributed by atoms with Crippen molar-refractivity contribution in [1.29, 1.82) is 0 Å². The lowest BCUT2D eigenvalue weighted by molar-refractivity contribution is 0.0842. The predicted molar refractivity (Wildman–Crippen MR) is 113 cm³/mol. The Labute approximate surface area is 167 Å². The van der Waals surface area contributed by atoms with Gasteiger partial charge in [0.05, 0.1) is 10.2 Å². The monoisotopic (exact) mass is 399 g/mol. The summed E-state index contributed by atoms with van der Waals surface area (Å²) in [5.74, 6) is 1.42. The second-order valence-electron chi connectivity index (χ2n) is 6.27. The van der Waals surface area contributed by atoms with Gasteiger partial charge in [-0.15, -0.1) is 11.3 Å². The zero-order chi connectivity index (χ0) is 19.9. The van der Waals surface area contributed by atoms with Crippen LogP contribution in [-0.4, -0.2) is 41.5 Å². The molecule has 0 aliphatic carbocycles. The Morgan fingerprint density at radius 1 is 1.39 bits per heavy atom. The number of aromatic nitrogens is 2. The number of alkyl halides is 1. The van der Waals surface area contributed by atoms with Crippen LogP contribution in [0.1, 0.15) is 10.6 Å². The molecule has 2 aromatic heterocycles. The summed E-state index contributed by atoms with van der Waals surface area (Å²) in [5.41, 5.74) is 2.92. The number of benzene rings is 1. The van der Waals surface area contributed by atoms with Crippen molar-refractivity contribution < 1.29 is 14.2 Å². The first kappa shape index (κ1) is 20.0. The number of hydrogen-bond donors (Lipinski definition) is 2. The molecule has 0 aliphatic rings. The molecule has 3 rings (SSSR count). The summed E-state index contributed by atoms with van der Waals surface area (Å²) >= 11 is 1.53. The Kier molecular flexibility index (Phi) is 6.73. The van der Waals surface area contributed by atoms with Crippen LogP contribution >= 0.6 is 11.3 Å². The minimum atomic E-state index is -1.11. The molecule has 0 saturated heterocycles. The maximum atomic E-state index is 12.3. The Bertz CT molecular complexity index is 969. The van der Waals surface area contributed by atoms with Crippen molar-refractivity contribution in [2.75, 3.05) is 25.6 Å². The normalized spacial score (nSPS) is 12.4. The van der Waals surface area contributed by atoms with Gasteiger partial charge in [-0.1, -0.05) is 24.3 Å². The smallest absolute Gasteiger partial charge is 0.125 e. The second kappa shape index (κ2) is 9.43. The van der Waals surface area contributed by atoms with Crippen LogP contribution in [0, 0.1) is 0 Å². The maximum Gasteiger partial charge on any atom is 0.125 e. The first-order valence-corrected chi connectivity index (χ1v) is 9.65. The number of allylic oxidation sites excluding steroid dienone is 2. The van der Waals surface area contributed by atoms with Crippen LogP contribution in [0.5, 0.6) is 5.75 Å². The lowest BCUT2D eigenvalue weighted by Gasteiger charge is -2.08. The molecule has 3 aromatic rings. The fourth-order valence-electron chi connectivity index (χ4n) is 2.51. The summed E-state index contributed by atoms with van der Waals surface area (Å²) in [6.45, 7) is 3.20. The van der Waals surface area contributed by atoms with E-state index < -0.39 is 12.8 Å². The molecular weight excluding hydrogens is 377 g/mol. The molecule has 1 unspecified atom stereocenters. The molecule has 0 radical (unpaired) electrons. The van der Waals surface area contributed by atoms with E-state index in [1.165, 1.54) is 11.3 Å². The van der Waals surface area contributed by atoms with Gasteiger partial charge in [-0.2, -0.15) is 0 Å². The molecule has 0 saturated carbocycles. The number of hydrogen-bond acceptors (Lipinski definition) is 6. The molecular formula is C21H22FN3O2S. The van der Waals surface area contributed by atoms with Gasteiger partial charge in [-0.3, -0.25) is 0 Å². The molecule has 0 fully saturated rings. The number of nitrogens with zero attached hydrogens (tertiary/aromatic N) is 2. The van der Waals surface area contributed by atoms with Gasteiger partial charge in [0.15, 0.2) is 0 Å². The second-order valence-corrected chi connectivity index (χ2v) is 7.33. The average molecular weight is 399 g/mol. The van der Waals surface area contributed by atoms with Crippen molar-refractivity contribution in [3.63, 3.8) is 0 Å². The third-order valence-corrected chi connectivity index (χ3v) is 4.95. The number of halogens is 1. The zero-order valence-electron chi connectivity index (χ0n) is 15.6. The Balaban J connectivity index is 1.63. The molecule has 146 valence electrons. The van der Waals surface area contributed by atoms with Crippen molar-refractivity contribution in [1.82, 2.24) is 9.97 Å². The maximum absolute atomic E-state index is 12.3. The van der Waals surface area contributed by atoms with Crippen LogP contribution in [-0.2, 0) is 6.42 Å². The van der Waals surface area contributed by atoms with Crippen LogP contribution < -0.4 is 10.1 Å². The summed E-state index contributed by atoms with van der Waals surface area (Å²) in [5, 5.41) is 13.1. The van der Waals surface area contributed by atoms with Gasteiger partial charge >= 0.3 is 0 Å². The highest BCUT2D eigenvalue weighted by Gasteiger charge is 2.07. The van der Waals surface area contributed by atoms with Gasteiger partial charge in [-0.25, -0.2) is 14.4 Å². The van der Waals surface area contributed by atoms with E-state index in [4.69, 9.17) is 4.74 Å². The van der Waals surface area contributed by atoms with Gasteiger partial charge in [0.1, 0.15) is 36.0 Å². The number of nitrogens with one attached hydrogen (secondary N) is 1. The standard InChI is InChI=1S/C21H22FN3O2S/c1-14(9-15-4-7-20(23-2)24-12-15)3-8-21-25-18-6-5-17(10-19(18)28-21)27-13-16(26)11-22/h3-8,10,12,16,26H,1,9,11,13H2,2H3,(H,23,24)/b8-3+. The number of thiazole rings is 1. The van der Waals surface area contributed by atoms with Crippen LogP contribution in [0.2, 0.25) is 0 Å². The van der Waals surface area contributed by atoms with Crippen LogP contribution in [0.15, 0.2) is 54.8 Å². The number of rotatable bonds is 9. The van der Waals surface area contributed by atoms with E-state index in [9.17, 15) is 9.50 Å². The van der Waals surface area contributed by atoms with E-state index >= 15 is 0 Å². The van der Waals surface area contributed by atoms with Crippen molar-refractivity contribution in [2.24, 2.45) is 0 Å². The predicted octanol–water partition coefficient (Wildman–Crippen LogP) is 4.25. The van der Waals surface area contributed by atoms with Gasteiger partial charge in [-0.05, 0) is 42.3 Å². The largest absolute Gasteiger partial charge is 0.491 e. The fraction of sp³-hybridized carbons (Fsp3) is 0.238. The highest BCUT2D eigenvalue weighted by atomic mass is 32.1. The van der Waals surface area contributed by atoms with Crippen molar-refractivity contribution >= 4 is 33.4 Å². The van der Waals surface area contributed by atoms with E-state index in [-0.39, 0.29) is 6.61 Å². The van der Waals surface area contributed by atoms with Crippen molar-refractivity contribution in [2.45, 2.75) is 12.5 Å². The van der Waals surface area contributed by atoms with Gasteiger partial charge in [0, 0.05) is 13.2 Å². The number of ether oxygens (including phenoxy) is 1. The third kappa shape index (κ3) is 5.37. The Morgan fingerprint density at radius 3 is 2.96 bits per heavy atom. The molecule has 0 spiro atoms. The summed E-state index contributed by atoms with van der Waals surface area (Å²) < 4.78 is 18.7. The van der Waals surface area contributed by atoms with Crippen LogP contribution in [0.25, 0.3) is 16.3 Å². The molecule has 7 heteroatoms. The third-order valence-electron chi connectivity index (χ3n) is 3.97. The lowest BCUT2D eigenvalue weighted by atomic mass is 10.1. The summed E-state index contributed by atoms with van der Waals surface area (Å²) in [7, 11) is 1.84. The van der Waals surface area contributed by atoms with E-state index in [1.807, 2.05) is 49.7 Å². The summed E-state index contributed by atoms with van der Waals surface area (Å²) in [6, 6.07) is 9.42. The number of aliphatic hydroxyl groups is 1. The fourth-order valence-corrected chi connectivity index (χ4v) is 3.41. The van der Waals surface area contributed by atoms with Gasteiger partial charge < -0.3 is 15.2 Å². The number of aliphatic hydroxyl groups excluding tert-OH is 1. The van der Waals surface area contributed by atoms with E-state index in [0.29, 0.717) is 12.2 Å². The first-order valence-electron chi connectivity index (χ1n) is 8.83. The van der Waals surface area contributed by atoms with Crippen molar-refractivity contribution in [3.05, 3.63) is 65.3 Å². The average Bonchev–Trinajstić information content (AvgIpc) is 3.13. The quantitative estimate of drug-likeness (QED) is 0.527. The molecule has 1 atom stereocenters. The highest BCUT2D eigenvalue weighted by molar-refractivity contribution is 7.19. The topological polar surface area (TPSA) is 67.3 Å². The molecule has 0 aliphatic heterocycles. The number of anilines is 1. The Hall–Kier alpha value is -2.77. The lowest BCUT2D eigenvalue weighted by Crippen LogP contribution is -2.19. The minimum Gasteiger partial charge on any atom is -0.491 e. The molecule has 5 nitrogen and oxygen atoms in total. The highest BCUT2D eigenvalue weighted by Crippen LogP contribution is 2.27. The van der Waals surface area contributed by atoms with Crippen LogP contribution in [0.4, 0.5) is 10.2 Å². The number of pyridine rings is 1. The van der Waals surface area contributed by atoms with Gasteiger partial charge in [0.2, 0.25) is 0 Å². The van der Waals surface area contributed by atoms with E-state index in [0.717, 1.165) is 32.2 Å². The van der Waals surface area contributed by atoms with Gasteiger partial charge in [0.25, 0.3) is 0 Å². The zero-order valence-corrected chi connectivity index (χ0v) is 16.4. The van der Waals surface area contributed by atoms with Crippen molar-refractivity contribution in [3.8, 4) is 5.75 Å². The van der Waals surface area contributed by atoms with E-state index in [2.05, 4.69) is 21.9 Å². The molecule has 1 aromatic carbocycles. The van der Waals surface area contributed by atoms with E-state index in [1.54, 1.807) is 6.07 Å². The molecule has 0 amide bonds.